The molecular formula is C33H37NO6. The van der Waals surface area contributed by atoms with Crippen LogP contribution in [0.25, 0.3) is 38.0 Å². The van der Waals surface area contributed by atoms with Gasteiger partial charge in [0.2, 0.25) is 0 Å². The van der Waals surface area contributed by atoms with Gasteiger partial charge in [-0.05, 0) is 86.4 Å². The number of aryl methyl sites for hydroxylation is 1. The van der Waals surface area contributed by atoms with Crippen molar-refractivity contribution in [2.75, 3.05) is 13.2 Å². The third-order valence-corrected chi connectivity index (χ3v) is 7.54. The molecular weight excluding hydrogens is 506 g/mol. The smallest absolute Gasteiger partial charge is 0.265 e. The number of nitrogens with zero attached hydrogens (tertiary/aromatic N) is 1. The molecule has 0 saturated heterocycles. The van der Waals surface area contributed by atoms with Crippen LogP contribution in [0.15, 0.2) is 70.3 Å². The molecule has 0 bridgehead atoms. The number of hydrogen-bond acceptors (Lipinski definition) is 6. The van der Waals surface area contributed by atoms with Crippen molar-refractivity contribution in [2.24, 2.45) is 11.8 Å². The Bertz CT molecular complexity index is 1710. The van der Waals surface area contributed by atoms with Gasteiger partial charge in [0, 0.05) is 51.2 Å². The molecule has 0 amide bonds. The average Bonchev–Trinajstić information content (AvgIpc) is 3.03. The molecule has 0 spiro atoms. The number of hydrogen-bond donors (Lipinski definition) is 4. The van der Waals surface area contributed by atoms with Gasteiger partial charge in [-0.3, -0.25) is 9.59 Å². The van der Waals surface area contributed by atoms with Gasteiger partial charge in [-0.1, -0.05) is 38.2 Å². The van der Waals surface area contributed by atoms with E-state index in [1.807, 2.05) is 0 Å². The van der Waals surface area contributed by atoms with Gasteiger partial charge in [-0.2, -0.15) is 0 Å². The topological polar surface area (TPSA) is 120 Å². The van der Waals surface area contributed by atoms with Crippen LogP contribution in [0.3, 0.4) is 0 Å². The Morgan fingerprint density at radius 1 is 0.950 bits per heavy atom. The third-order valence-electron chi connectivity index (χ3n) is 7.54. The summed E-state index contributed by atoms with van der Waals surface area (Å²) in [6, 6.07) is 8.05. The SMILES string of the molecule is C=C(C=CC(=CC)n1c(=O)c2ccc3c(O)cc(CCC(CO)CC(C)C)c(O)c4ccc(c1=O)c2c34)CCO. The lowest BCUT2D eigenvalue weighted by atomic mass is 9.92. The molecule has 3 aromatic carbocycles. The molecule has 0 radical (unpaired) electrons. The molecule has 4 N–H and O–H groups in total. The van der Waals surface area contributed by atoms with Gasteiger partial charge in [0.1, 0.15) is 11.5 Å². The highest BCUT2D eigenvalue weighted by atomic mass is 16.3. The minimum atomic E-state index is -0.511. The van der Waals surface area contributed by atoms with Crippen molar-refractivity contribution in [3.05, 3.63) is 87.0 Å². The van der Waals surface area contributed by atoms with Gasteiger partial charge in [-0.15, -0.1) is 0 Å². The van der Waals surface area contributed by atoms with Gasteiger partial charge in [0.15, 0.2) is 0 Å². The van der Waals surface area contributed by atoms with Crippen molar-refractivity contribution in [3.63, 3.8) is 0 Å². The van der Waals surface area contributed by atoms with Crippen LogP contribution in [0, 0.1) is 11.8 Å². The van der Waals surface area contributed by atoms with Crippen LogP contribution < -0.4 is 11.1 Å². The molecule has 1 unspecified atom stereocenters. The summed E-state index contributed by atoms with van der Waals surface area (Å²) in [5.41, 5.74) is 0.541. The standard InChI is InChI=1S/C33H37NO6/c1-5-23(9-6-20(4)14-15-35)34-32(39)26-12-10-24-28(37)17-22(8-7-21(18-36)16-19(2)3)31(38)25-11-13-27(33(34)40)30(26)29(24)25/h5-6,9-13,17,19,21,35-38H,4,7-8,14-16,18H2,1-3H3. The Balaban J connectivity index is 1.95. The van der Waals surface area contributed by atoms with E-state index >= 15 is 0 Å². The van der Waals surface area contributed by atoms with Crippen LogP contribution in [0.5, 0.6) is 11.5 Å². The zero-order chi connectivity index (χ0) is 29.1. The van der Waals surface area contributed by atoms with Crippen LogP contribution in [-0.4, -0.2) is 38.2 Å². The van der Waals surface area contributed by atoms with Crippen LogP contribution >= 0.6 is 0 Å². The zero-order valence-electron chi connectivity index (χ0n) is 23.3. The Kier molecular flexibility index (Phi) is 8.76. The van der Waals surface area contributed by atoms with Crippen molar-refractivity contribution < 1.29 is 20.4 Å². The predicted molar refractivity (Wildman–Crippen MR) is 162 cm³/mol. The Morgan fingerprint density at radius 2 is 1.55 bits per heavy atom. The molecule has 40 heavy (non-hydrogen) atoms. The van der Waals surface area contributed by atoms with Crippen LogP contribution in [0.4, 0.5) is 0 Å². The largest absolute Gasteiger partial charge is 0.507 e. The average molecular weight is 544 g/mol. The van der Waals surface area contributed by atoms with E-state index in [0.29, 0.717) is 74.3 Å². The molecule has 0 aliphatic carbocycles. The second kappa shape index (κ2) is 12.1. The summed E-state index contributed by atoms with van der Waals surface area (Å²) in [6.07, 6.45) is 7.26. The molecule has 210 valence electrons. The summed E-state index contributed by atoms with van der Waals surface area (Å²) >= 11 is 0. The van der Waals surface area contributed by atoms with E-state index in [2.05, 4.69) is 20.4 Å². The molecule has 4 rings (SSSR count). The summed E-state index contributed by atoms with van der Waals surface area (Å²) < 4.78 is 1.11. The van der Waals surface area contributed by atoms with Crippen molar-refractivity contribution in [3.8, 4) is 11.5 Å². The number of aliphatic hydroxyl groups is 2. The molecule has 0 fully saturated rings. The Hall–Kier alpha value is -3.94. The lowest BCUT2D eigenvalue weighted by molar-refractivity contribution is 0.198. The second-order valence-electron chi connectivity index (χ2n) is 10.8. The number of aromatic hydroxyl groups is 2. The second-order valence-corrected chi connectivity index (χ2v) is 10.8. The third kappa shape index (κ3) is 5.40. The quantitative estimate of drug-likeness (QED) is 0.187. The van der Waals surface area contributed by atoms with E-state index in [0.717, 1.165) is 11.0 Å². The summed E-state index contributed by atoms with van der Waals surface area (Å²) in [6.45, 7) is 9.79. The fraction of sp³-hybridized carbons (Fsp3) is 0.333. The maximum atomic E-state index is 13.7. The van der Waals surface area contributed by atoms with Crippen molar-refractivity contribution >= 4 is 38.0 Å². The summed E-state index contributed by atoms with van der Waals surface area (Å²) in [7, 11) is 0. The first-order valence-electron chi connectivity index (χ1n) is 13.7. The Labute approximate surface area is 233 Å². The highest BCUT2D eigenvalue weighted by Gasteiger charge is 2.21. The van der Waals surface area contributed by atoms with Crippen molar-refractivity contribution in [2.45, 2.75) is 46.5 Å². The molecule has 4 aromatic rings. The first kappa shape index (κ1) is 29.1. The van der Waals surface area contributed by atoms with Crippen molar-refractivity contribution in [1.82, 2.24) is 4.57 Å². The number of benzene rings is 2. The molecule has 1 heterocycles. The highest BCUT2D eigenvalue weighted by Crippen LogP contribution is 2.41. The number of aliphatic hydroxyl groups excluding tert-OH is 2. The summed E-state index contributed by atoms with van der Waals surface area (Å²) in [5.74, 6) is 0.413. The minimum Gasteiger partial charge on any atom is -0.507 e. The van der Waals surface area contributed by atoms with Gasteiger partial charge >= 0.3 is 0 Å². The van der Waals surface area contributed by atoms with Gasteiger partial charge in [-0.25, -0.2) is 4.57 Å². The summed E-state index contributed by atoms with van der Waals surface area (Å²) in [5, 5.41) is 43.7. The van der Waals surface area contributed by atoms with E-state index < -0.39 is 11.1 Å². The van der Waals surface area contributed by atoms with E-state index in [4.69, 9.17) is 5.11 Å². The number of pyridine rings is 1. The fourth-order valence-electron chi connectivity index (χ4n) is 5.55. The molecule has 7 heteroatoms. The monoisotopic (exact) mass is 543 g/mol. The van der Waals surface area contributed by atoms with Crippen LogP contribution in [0.1, 0.15) is 45.6 Å². The molecule has 1 atom stereocenters. The first-order chi connectivity index (χ1) is 19.1. The maximum Gasteiger partial charge on any atom is 0.265 e. The minimum absolute atomic E-state index is 0.0166. The van der Waals surface area contributed by atoms with E-state index in [1.165, 1.54) is 6.07 Å². The molecule has 1 aromatic heterocycles. The maximum absolute atomic E-state index is 13.7. The first-order valence-corrected chi connectivity index (χ1v) is 13.7. The van der Waals surface area contributed by atoms with Gasteiger partial charge in [0.05, 0.1) is 0 Å². The number of aromatic nitrogens is 1. The van der Waals surface area contributed by atoms with Crippen molar-refractivity contribution in [1.29, 1.82) is 0 Å². The molecule has 0 aliphatic heterocycles. The van der Waals surface area contributed by atoms with E-state index in [9.17, 15) is 24.9 Å². The van der Waals surface area contributed by atoms with Gasteiger partial charge in [0.25, 0.3) is 11.1 Å². The lowest BCUT2D eigenvalue weighted by Crippen LogP contribution is -2.32. The Morgan fingerprint density at radius 3 is 2.12 bits per heavy atom. The molecule has 0 aliphatic rings. The fourth-order valence-corrected chi connectivity index (χ4v) is 5.55. The number of allylic oxidation sites excluding steroid dienone is 4. The lowest BCUT2D eigenvalue weighted by Gasteiger charge is -2.16. The molecule has 7 nitrogen and oxygen atoms in total. The van der Waals surface area contributed by atoms with Crippen LogP contribution in [-0.2, 0) is 6.42 Å². The normalized spacial score (nSPS) is 13.4. The highest BCUT2D eigenvalue weighted by molar-refractivity contribution is 6.24. The number of rotatable bonds is 11. The van der Waals surface area contributed by atoms with E-state index in [1.54, 1.807) is 49.4 Å². The molecule has 0 saturated carbocycles. The predicted octanol–water partition coefficient (Wildman–Crippen LogP) is 5.46. The van der Waals surface area contributed by atoms with Crippen LogP contribution in [0.2, 0.25) is 0 Å². The summed E-state index contributed by atoms with van der Waals surface area (Å²) in [4.78, 5) is 27.4. The van der Waals surface area contributed by atoms with Gasteiger partial charge < -0.3 is 20.4 Å². The van der Waals surface area contributed by atoms with E-state index in [-0.39, 0.29) is 30.6 Å². The zero-order valence-corrected chi connectivity index (χ0v) is 23.3.